The van der Waals surface area contributed by atoms with Gasteiger partial charge in [-0.25, -0.2) is 0 Å². The van der Waals surface area contributed by atoms with Crippen molar-refractivity contribution in [3.05, 3.63) is 33.4 Å². The zero-order chi connectivity index (χ0) is 10.8. The first-order valence-electron chi connectivity index (χ1n) is 4.59. The van der Waals surface area contributed by atoms with Gasteiger partial charge in [-0.15, -0.1) is 12.4 Å². The van der Waals surface area contributed by atoms with Gasteiger partial charge in [0.2, 0.25) is 0 Å². The van der Waals surface area contributed by atoms with Gasteiger partial charge in [-0.05, 0) is 40.3 Å². The van der Waals surface area contributed by atoms with Crippen LogP contribution in [-0.2, 0) is 0 Å². The summed E-state index contributed by atoms with van der Waals surface area (Å²) in [4.78, 5) is 0. The molecule has 3 N–H and O–H groups in total. The number of hydrogen-bond donors (Lipinski definition) is 2. The second-order valence-corrected chi connectivity index (χ2v) is 5.43. The van der Waals surface area contributed by atoms with Crippen molar-refractivity contribution in [3.8, 4) is 0 Å². The van der Waals surface area contributed by atoms with Crippen molar-refractivity contribution in [3.63, 3.8) is 0 Å². The fraction of sp³-hybridized carbons (Fsp3) is 0.455. The second kappa shape index (κ2) is 6.03. The van der Waals surface area contributed by atoms with Crippen molar-refractivity contribution in [2.24, 2.45) is 11.1 Å². The van der Waals surface area contributed by atoms with E-state index in [1.807, 2.05) is 32.0 Å². The SMILES string of the molecule is CC(C)(CO)[C@H](N)c1cccc(I)c1.Cl. The molecule has 0 aliphatic rings. The Balaban J connectivity index is 0.00000196. The number of hydrogen-bond acceptors (Lipinski definition) is 2. The molecule has 0 aromatic heterocycles. The minimum absolute atomic E-state index is 0. The van der Waals surface area contributed by atoms with Gasteiger partial charge in [0, 0.05) is 21.6 Å². The molecule has 1 aromatic carbocycles. The Morgan fingerprint density at radius 2 is 2.07 bits per heavy atom. The van der Waals surface area contributed by atoms with Gasteiger partial charge in [0.15, 0.2) is 0 Å². The maximum absolute atomic E-state index is 9.21. The third kappa shape index (κ3) is 3.90. The minimum Gasteiger partial charge on any atom is -0.396 e. The summed E-state index contributed by atoms with van der Waals surface area (Å²) in [5.74, 6) is 0. The average Bonchev–Trinajstić information content (AvgIpc) is 2.16. The molecule has 0 aliphatic heterocycles. The van der Waals surface area contributed by atoms with Gasteiger partial charge in [0.05, 0.1) is 0 Å². The summed E-state index contributed by atoms with van der Waals surface area (Å²) in [6.07, 6.45) is 0. The Hall–Kier alpha value is 0.160. The zero-order valence-electron chi connectivity index (χ0n) is 8.90. The summed E-state index contributed by atoms with van der Waals surface area (Å²) in [7, 11) is 0. The van der Waals surface area contributed by atoms with Gasteiger partial charge < -0.3 is 10.8 Å². The molecule has 86 valence electrons. The molecule has 0 radical (unpaired) electrons. The Morgan fingerprint density at radius 3 is 2.53 bits per heavy atom. The summed E-state index contributed by atoms with van der Waals surface area (Å²) in [5.41, 5.74) is 6.90. The molecule has 1 aromatic rings. The van der Waals surface area contributed by atoms with Crippen LogP contribution in [0.25, 0.3) is 0 Å². The molecule has 1 rings (SSSR count). The molecule has 0 saturated carbocycles. The molecular formula is C11H17ClINO. The second-order valence-electron chi connectivity index (χ2n) is 4.18. The highest BCUT2D eigenvalue weighted by atomic mass is 127. The van der Waals surface area contributed by atoms with E-state index in [1.165, 1.54) is 3.57 Å². The average molecular weight is 342 g/mol. The lowest BCUT2D eigenvalue weighted by molar-refractivity contribution is 0.132. The zero-order valence-corrected chi connectivity index (χ0v) is 11.9. The molecule has 0 amide bonds. The van der Waals surface area contributed by atoms with Crippen LogP contribution in [0.2, 0.25) is 0 Å². The molecular weight excluding hydrogens is 324 g/mol. The molecule has 0 bridgehead atoms. The lowest BCUT2D eigenvalue weighted by Crippen LogP contribution is -2.32. The van der Waals surface area contributed by atoms with Crippen molar-refractivity contribution < 1.29 is 5.11 Å². The summed E-state index contributed by atoms with van der Waals surface area (Å²) >= 11 is 2.26. The van der Waals surface area contributed by atoms with Crippen LogP contribution in [0, 0.1) is 8.99 Å². The van der Waals surface area contributed by atoms with Crippen LogP contribution >= 0.6 is 35.0 Å². The number of benzene rings is 1. The predicted octanol–water partition coefficient (Wildman–Crippen LogP) is 2.73. The monoisotopic (exact) mass is 341 g/mol. The van der Waals surface area contributed by atoms with E-state index in [1.54, 1.807) is 0 Å². The molecule has 0 fully saturated rings. The molecule has 15 heavy (non-hydrogen) atoms. The van der Waals surface area contributed by atoms with Crippen LogP contribution in [0.4, 0.5) is 0 Å². The van der Waals surface area contributed by atoms with Crippen molar-refractivity contribution in [1.82, 2.24) is 0 Å². The normalized spacial score (nSPS) is 13.1. The highest BCUT2D eigenvalue weighted by Gasteiger charge is 2.26. The third-order valence-electron chi connectivity index (χ3n) is 2.46. The molecule has 0 aliphatic carbocycles. The Bertz CT molecular complexity index is 317. The first kappa shape index (κ1) is 15.2. The van der Waals surface area contributed by atoms with E-state index in [9.17, 15) is 5.11 Å². The van der Waals surface area contributed by atoms with Gasteiger partial charge in [-0.3, -0.25) is 0 Å². The molecule has 0 saturated heterocycles. The van der Waals surface area contributed by atoms with Crippen molar-refractivity contribution in [1.29, 1.82) is 0 Å². The van der Waals surface area contributed by atoms with E-state index in [-0.39, 0.29) is 30.5 Å². The number of rotatable bonds is 3. The fourth-order valence-corrected chi connectivity index (χ4v) is 1.82. The van der Waals surface area contributed by atoms with E-state index < -0.39 is 0 Å². The molecule has 0 heterocycles. The standard InChI is InChI=1S/C11H16INO.ClH/c1-11(2,7-14)10(13)8-4-3-5-9(12)6-8;/h3-6,10,14H,7,13H2,1-2H3;1H/t10-;/m1./s1. The van der Waals surface area contributed by atoms with Crippen LogP contribution in [-0.4, -0.2) is 11.7 Å². The molecule has 4 heteroatoms. The fourth-order valence-electron chi connectivity index (χ4n) is 1.25. The Kier molecular flexibility index (Phi) is 6.10. The lowest BCUT2D eigenvalue weighted by Gasteiger charge is -2.29. The summed E-state index contributed by atoms with van der Waals surface area (Å²) < 4.78 is 1.17. The Morgan fingerprint density at radius 1 is 1.47 bits per heavy atom. The minimum atomic E-state index is -0.273. The first-order chi connectivity index (χ1) is 6.47. The van der Waals surface area contributed by atoms with Crippen molar-refractivity contribution in [2.45, 2.75) is 19.9 Å². The van der Waals surface area contributed by atoms with Crippen molar-refractivity contribution >= 4 is 35.0 Å². The number of aliphatic hydroxyl groups excluding tert-OH is 1. The van der Waals surface area contributed by atoms with Gasteiger partial charge in [0.25, 0.3) is 0 Å². The van der Waals surface area contributed by atoms with Crippen LogP contribution in [0.5, 0.6) is 0 Å². The van der Waals surface area contributed by atoms with Crippen LogP contribution in [0.3, 0.4) is 0 Å². The first-order valence-corrected chi connectivity index (χ1v) is 5.67. The lowest BCUT2D eigenvalue weighted by atomic mass is 9.82. The molecule has 0 spiro atoms. The number of aliphatic hydroxyl groups is 1. The molecule has 1 atom stereocenters. The van der Waals surface area contributed by atoms with Crippen LogP contribution in [0.15, 0.2) is 24.3 Å². The maximum atomic E-state index is 9.21. The largest absolute Gasteiger partial charge is 0.396 e. The van der Waals surface area contributed by atoms with Crippen molar-refractivity contribution in [2.75, 3.05) is 6.61 Å². The summed E-state index contributed by atoms with van der Waals surface area (Å²) in [6.45, 7) is 4.04. The maximum Gasteiger partial charge on any atom is 0.0500 e. The smallest absolute Gasteiger partial charge is 0.0500 e. The molecule has 2 nitrogen and oxygen atoms in total. The van der Waals surface area contributed by atoms with Crippen LogP contribution in [0.1, 0.15) is 25.5 Å². The number of nitrogens with two attached hydrogens (primary N) is 1. The number of halogens is 2. The highest BCUT2D eigenvalue weighted by molar-refractivity contribution is 14.1. The van der Waals surface area contributed by atoms with E-state index >= 15 is 0 Å². The third-order valence-corrected chi connectivity index (χ3v) is 3.13. The van der Waals surface area contributed by atoms with E-state index in [4.69, 9.17) is 5.73 Å². The summed E-state index contributed by atoms with van der Waals surface area (Å²) in [5, 5.41) is 9.21. The van der Waals surface area contributed by atoms with Gasteiger partial charge in [-0.2, -0.15) is 0 Å². The van der Waals surface area contributed by atoms with Gasteiger partial charge in [0.1, 0.15) is 0 Å². The van der Waals surface area contributed by atoms with E-state index in [0.717, 1.165) is 5.56 Å². The van der Waals surface area contributed by atoms with Gasteiger partial charge in [-0.1, -0.05) is 26.0 Å². The topological polar surface area (TPSA) is 46.2 Å². The predicted molar refractivity (Wildman–Crippen MR) is 74.2 cm³/mol. The van der Waals surface area contributed by atoms with E-state index in [0.29, 0.717) is 0 Å². The quantitative estimate of drug-likeness (QED) is 0.831. The summed E-state index contributed by atoms with van der Waals surface area (Å²) in [6, 6.07) is 7.96. The Labute approximate surface area is 111 Å². The van der Waals surface area contributed by atoms with Crippen LogP contribution < -0.4 is 5.73 Å². The molecule has 0 unspecified atom stereocenters. The van der Waals surface area contributed by atoms with Gasteiger partial charge >= 0.3 is 0 Å². The highest BCUT2D eigenvalue weighted by Crippen LogP contribution is 2.30. The van der Waals surface area contributed by atoms with E-state index in [2.05, 4.69) is 28.7 Å².